The average Bonchev–Trinajstić information content (AvgIpc) is 2.92. The second-order valence-electron chi connectivity index (χ2n) is 7.30. The number of nitrogens with zero attached hydrogens (tertiary/aromatic N) is 6. The minimum absolute atomic E-state index is 0.0555. The Kier molecular flexibility index (Phi) is 8.74. The zero-order valence-electron chi connectivity index (χ0n) is 19.8. The summed E-state index contributed by atoms with van der Waals surface area (Å²) < 4.78 is 42.2. The molecule has 0 fully saturated rings. The van der Waals surface area contributed by atoms with Gasteiger partial charge in [-0.05, 0) is 36.1 Å². The zero-order valence-corrected chi connectivity index (χ0v) is 23.0. The molecule has 3 aromatic heterocycles. The Balaban J connectivity index is 1.56. The number of thioether (sulfide) groups is 1. The molecule has 0 aliphatic rings. The lowest BCUT2D eigenvalue weighted by Gasteiger charge is -2.21. The molecule has 11 nitrogen and oxygen atoms in total. The van der Waals surface area contributed by atoms with Crippen LogP contribution >= 0.6 is 27.7 Å². The first-order chi connectivity index (χ1) is 17.9. The maximum absolute atomic E-state index is 13.2. The molecule has 1 aromatic carbocycles. The van der Waals surface area contributed by atoms with E-state index in [1.165, 1.54) is 31.3 Å². The second-order valence-corrected chi connectivity index (χ2v) is 10.8. The Labute approximate surface area is 227 Å². The molecule has 37 heavy (non-hydrogen) atoms. The summed E-state index contributed by atoms with van der Waals surface area (Å²) in [6.45, 7) is 0.253. The Morgan fingerprint density at radius 3 is 2.41 bits per heavy atom. The van der Waals surface area contributed by atoms with Gasteiger partial charge in [0.2, 0.25) is 5.88 Å². The summed E-state index contributed by atoms with van der Waals surface area (Å²) in [6.07, 6.45) is 9.51. The zero-order chi connectivity index (χ0) is 26.3. The molecule has 192 valence electrons. The normalized spacial score (nSPS) is 11.1. The molecular formula is C23H22BrN7O4S2. The highest BCUT2D eigenvalue weighted by Crippen LogP contribution is 2.35. The van der Waals surface area contributed by atoms with Crippen LogP contribution in [0.3, 0.4) is 0 Å². The minimum atomic E-state index is -4.04. The number of hydrogen-bond donors (Lipinski definition) is 1. The summed E-state index contributed by atoms with van der Waals surface area (Å²) in [5.41, 5.74) is 1.41. The van der Waals surface area contributed by atoms with Gasteiger partial charge in [-0.2, -0.15) is 8.42 Å². The van der Waals surface area contributed by atoms with E-state index in [9.17, 15) is 8.42 Å². The maximum Gasteiger partial charge on any atom is 0.324 e. The third-order valence-corrected chi connectivity index (χ3v) is 7.53. The smallest absolute Gasteiger partial charge is 0.324 e. The van der Waals surface area contributed by atoms with Crippen LogP contribution in [-0.4, -0.2) is 59.9 Å². The Morgan fingerprint density at radius 2 is 1.73 bits per heavy atom. The van der Waals surface area contributed by atoms with E-state index in [0.29, 0.717) is 16.8 Å². The lowest BCUT2D eigenvalue weighted by Crippen LogP contribution is -2.33. The van der Waals surface area contributed by atoms with E-state index >= 15 is 0 Å². The largest absolute Gasteiger partial charge is 0.473 e. The number of aromatic nitrogens is 5. The average molecular weight is 605 g/mol. The van der Waals surface area contributed by atoms with Crippen LogP contribution in [0.15, 0.2) is 76.9 Å². The van der Waals surface area contributed by atoms with Crippen molar-refractivity contribution in [2.45, 2.75) is 4.90 Å². The molecule has 0 radical (unpaired) electrons. The highest BCUT2D eigenvalue weighted by Gasteiger charge is 2.24. The number of rotatable bonds is 11. The third-order valence-electron chi connectivity index (χ3n) is 4.93. The first kappa shape index (κ1) is 26.6. The van der Waals surface area contributed by atoms with Crippen molar-refractivity contribution in [1.82, 2.24) is 24.9 Å². The third kappa shape index (κ3) is 6.84. The predicted octanol–water partition coefficient (Wildman–Crippen LogP) is 4.06. The van der Waals surface area contributed by atoms with E-state index in [1.807, 2.05) is 18.4 Å². The van der Waals surface area contributed by atoms with Gasteiger partial charge in [0.05, 0.1) is 17.4 Å². The molecule has 0 spiro atoms. The first-order valence-electron chi connectivity index (χ1n) is 10.8. The van der Waals surface area contributed by atoms with Crippen molar-refractivity contribution in [1.29, 1.82) is 0 Å². The summed E-state index contributed by atoms with van der Waals surface area (Å²) in [7, 11) is -2.62. The van der Waals surface area contributed by atoms with Crippen LogP contribution in [0.2, 0.25) is 0 Å². The monoisotopic (exact) mass is 603 g/mol. The SMILES string of the molecule is CSc1cnc(OCCOc2ncnc(NS(=O)(=O)N(C)c3cccnc3)c2-c2ccc(Br)cc2)nc1. The molecule has 4 rings (SSSR count). The van der Waals surface area contributed by atoms with Gasteiger partial charge in [0.15, 0.2) is 5.82 Å². The van der Waals surface area contributed by atoms with Crippen LogP contribution in [0.5, 0.6) is 11.9 Å². The summed E-state index contributed by atoms with van der Waals surface area (Å²) in [6, 6.07) is 10.8. The molecule has 0 unspecified atom stereocenters. The number of ether oxygens (including phenoxy) is 2. The fraction of sp³-hybridized carbons (Fsp3) is 0.174. The minimum Gasteiger partial charge on any atom is -0.473 e. The fourth-order valence-electron chi connectivity index (χ4n) is 3.06. The van der Waals surface area contributed by atoms with Gasteiger partial charge in [-0.1, -0.05) is 28.1 Å². The standard InChI is InChI=1S/C23H22BrN7O4S2/c1-31(18-4-3-9-25-12-18)37(32,33)30-21-20(16-5-7-17(24)8-6-16)22(29-15-28-21)34-10-11-35-23-26-13-19(36-2)14-27-23/h3-9,12-15H,10-11H2,1-2H3,(H,28,29,30). The van der Waals surface area contributed by atoms with E-state index in [-0.39, 0.29) is 30.9 Å². The molecule has 3 heterocycles. The van der Waals surface area contributed by atoms with Gasteiger partial charge in [-0.25, -0.2) is 24.7 Å². The number of nitrogens with one attached hydrogen (secondary N) is 1. The van der Waals surface area contributed by atoms with Gasteiger partial charge >= 0.3 is 16.2 Å². The van der Waals surface area contributed by atoms with Crippen molar-refractivity contribution in [3.05, 3.63) is 72.0 Å². The molecular weight excluding hydrogens is 582 g/mol. The highest BCUT2D eigenvalue weighted by atomic mass is 79.9. The molecule has 0 aliphatic heterocycles. The van der Waals surface area contributed by atoms with Crippen LogP contribution in [0.4, 0.5) is 11.5 Å². The molecule has 4 aromatic rings. The van der Waals surface area contributed by atoms with Crippen molar-refractivity contribution in [2.75, 3.05) is 35.5 Å². The van der Waals surface area contributed by atoms with Crippen molar-refractivity contribution in [3.8, 4) is 23.0 Å². The second kappa shape index (κ2) is 12.2. The summed E-state index contributed by atoms with van der Waals surface area (Å²) in [5.74, 6) is 0.237. The van der Waals surface area contributed by atoms with Crippen molar-refractivity contribution in [2.24, 2.45) is 0 Å². The number of benzene rings is 1. The lowest BCUT2D eigenvalue weighted by molar-refractivity contribution is 0.201. The van der Waals surface area contributed by atoms with Crippen molar-refractivity contribution >= 4 is 49.4 Å². The number of pyridine rings is 1. The van der Waals surface area contributed by atoms with Crippen molar-refractivity contribution < 1.29 is 17.9 Å². The number of anilines is 2. The van der Waals surface area contributed by atoms with E-state index in [4.69, 9.17) is 9.47 Å². The van der Waals surface area contributed by atoms with Crippen molar-refractivity contribution in [3.63, 3.8) is 0 Å². The number of halogens is 1. The van der Waals surface area contributed by atoms with E-state index in [1.54, 1.807) is 42.9 Å². The van der Waals surface area contributed by atoms with E-state index in [2.05, 4.69) is 45.6 Å². The molecule has 0 saturated heterocycles. The maximum atomic E-state index is 13.2. The summed E-state index contributed by atoms with van der Waals surface area (Å²) >= 11 is 4.95. The number of hydrogen-bond acceptors (Lipinski definition) is 10. The van der Waals surface area contributed by atoms with Crippen LogP contribution in [0, 0.1) is 0 Å². The van der Waals surface area contributed by atoms with Gasteiger partial charge in [0.25, 0.3) is 0 Å². The predicted molar refractivity (Wildman–Crippen MR) is 145 cm³/mol. The summed E-state index contributed by atoms with van der Waals surface area (Å²) in [4.78, 5) is 21.6. The van der Waals surface area contributed by atoms with Gasteiger partial charge in [-0.3, -0.25) is 9.29 Å². The Hall–Kier alpha value is -3.49. The van der Waals surface area contributed by atoms with Crippen LogP contribution in [0.1, 0.15) is 0 Å². The molecule has 0 bridgehead atoms. The van der Waals surface area contributed by atoms with Crippen LogP contribution in [0.25, 0.3) is 11.1 Å². The van der Waals surface area contributed by atoms with Gasteiger partial charge < -0.3 is 9.47 Å². The lowest BCUT2D eigenvalue weighted by atomic mass is 10.1. The topological polar surface area (TPSA) is 132 Å². The summed E-state index contributed by atoms with van der Waals surface area (Å²) in [5, 5.41) is 0. The highest BCUT2D eigenvalue weighted by molar-refractivity contribution is 9.10. The van der Waals surface area contributed by atoms with Gasteiger partial charge in [0, 0.05) is 35.0 Å². The quantitative estimate of drug-likeness (QED) is 0.197. The Bertz CT molecular complexity index is 1430. The van der Waals surface area contributed by atoms with Gasteiger partial charge in [0.1, 0.15) is 19.5 Å². The molecule has 1 N–H and O–H groups in total. The Morgan fingerprint density at radius 1 is 1.00 bits per heavy atom. The molecule has 0 amide bonds. The first-order valence-corrected chi connectivity index (χ1v) is 14.2. The molecule has 14 heteroatoms. The van der Waals surface area contributed by atoms with E-state index in [0.717, 1.165) is 13.7 Å². The van der Waals surface area contributed by atoms with Gasteiger partial charge in [-0.15, -0.1) is 11.8 Å². The van der Waals surface area contributed by atoms with Crippen LogP contribution in [-0.2, 0) is 10.2 Å². The molecule has 0 saturated carbocycles. The molecule has 0 aliphatic carbocycles. The van der Waals surface area contributed by atoms with E-state index < -0.39 is 10.2 Å². The van der Waals surface area contributed by atoms with Crippen LogP contribution < -0.4 is 18.5 Å². The fourth-order valence-corrected chi connectivity index (χ4v) is 4.56. The molecule has 0 atom stereocenters.